The van der Waals surface area contributed by atoms with Crippen LogP contribution in [0.5, 0.6) is 0 Å². The minimum Gasteiger partial charge on any atom is -0.612 e. The molecule has 0 spiro atoms. The molecular formula is C28H38N2O2S. The van der Waals surface area contributed by atoms with E-state index in [-0.39, 0.29) is 11.9 Å². The molecule has 2 atom stereocenters. The summed E-state index contributed by atoms with van der Waals surface area (Å²) < 4.78 is 11.7. The number of carbonyl (C=O) groups is 1. The number of nitrogens with zero attached hydrogens (tertiary/aromatic N) is 1. The van der Waals surface area contributed by atoms with Gasteiger partial charge in [0.2, 0.25) is 5.91 Å². The average Bonchev–Trinajstić information content (AvgIpc) is 2.81. The summed E-state index contributed by atoms with van der Waals surface area (Å²) in [4.78, 5) is 17.3. The van der Waals surface area contributed by atoms with Gasteiger partial charge in [0.25, 0.3) is 0 Å². The Morgan fingerprint density at radius 1 is 1.15 bits per heavy atom. The number of aryl methyl sites for hydroxylation is 1. The summed E-state index contributed by atoms with van der Waals surface area (Å²) >= 11 is -0.979. The smallest absolute Gasteiger partial charge is 0.244 e. The third kappa shape index (κ3) is 10.9. The van der Waals surface area contributed by atoms with Gasteiger partial charge in [-0.05, 0) is 97.2 Å². The van der Waals surface area contributed by atoms with Crippen LogP contribution in [0, 0.1) is 0 Å². The molecule has 5 heteroatoms. The lowest BCUT2D eigenvalue weighted by Gasteiger charge is -2.12. The van der Waals surface area contributed by atoms with Crippen LogP contribution in [-0.4, -0.2) is 27.7 Å². The van der Waals surface area contributed by atoms with Crippen molar-refractivity contribution in [1.82, 2.24) is 10.3 Å². The van der Waals surface area contributed by atoms with Crippen molar-refractivity contribution >= 4 is 22.7 Å². The van der Waals surface area contributed by atoms with Gasteiger partial charge in [-0.25, -0.2) is 0 Å². The Hall–Kier alpha value is -2.37. The molecule has 2 aromatic rings. The Kier molecular flexibility index (Phi) is 12.6. The summed E-state index contributed by atoms with van der Waals surface area (Å²) in [7, 11) is 0. The van der Waals surface area contributed by atoms with E-state index in [2.05, 4.69) is 23.3 Å². The molecule has 1 unspecified atom stereocenters. The number of hydrogen-bond donors (Lipinski definition) is 1. The van der Waals surface area contributed by atoms with E-state index in [0.29, 0.717) is 0 Å². The quantitative estimate of drug-likeness (QED) is 0.155. The Bertz CT molecular complexity index is 877. The third-order valence-corrected chi connectivity index (χ3v) is 6.55. The predicted molar refractivity (Wildman–Crippen MR) is 139 cm³/mol. The second-order valence-electron chi connectivity index (χ2n) is 8.50. The van der Waals surface area contributed by atoms with Crippen LogP contribution in [-0.2, 0) is 22.4 Å². The highest BCUT2D eigenvalue weighted by Gasteiger charge is 2.07. The van der Waals surface area contributed by atoms with Crippen LogP contribution < -0.4 is 5.32 Å². The molecule has 0 bridgehead atoms. The van der Waals surface area contributed by atoms with Crippen molar-refractivity contribution in [3.8, 4) is 0 Å². The standard InChI is InChI=1S/C28H38N2O2S/c1-4-5-6-7-14-25(26-17-19-27(20-18-26)33(3)32)15-9-16-28(31)30-23(2)11-8-12-24-13-10-21-29-22-24/h9-10,13,15-23H,4-8,11-12,14H2,1-3H3,(H,30,31)/b16-9+,25-15+/t23-,33?/m1/s1. The molecule has 1 heterocycles. The lowest BCUT2D eigenvalue weighted by Crippen LogP contribution is -2.31. The number of unbranched alkanes of at least 4 members (excludes halogenated alkanes) is 3. The molecule has 0 saturated carbocycles. The maximum absolute atomic E-state index is 12.4. The fourth-order valence-corrected chi connectivity index (χ4v) is 4.22. The van der Waals surface area contributed by atoms with E-state index in [1.54, 1.807) is 18.5 Å². The van der Waals surface area contributed by atoms with Gasteiger partial charge in [0.15, 0.2) is 4.90 Å². The molecule has 1 aromatic heterocycles. The highest BCUT2D eigenvalue weighted by molar-refractivity contribution is 7.90. The zero-order chi connectivity index (χ0) is 23.9. The highest BCUT2D eigenvalue weighted by Crippen LogP contribution is 2.23. The van der Waals surface area contributed by atoms with Crippen molar-refractivity contribution in [2.75, 3.05) is 6.26 Å². The number of carbonyl (C=O) groups excluding carboxylic acids is 1. The summed E-state index contributed by atoms with van der Waals surface area (Å²) in [5, 5.41) is 3.06. The summed E-state index contributed by atoms with van der Waals surface area (Å²) in [6, 6.07) is 12.1. The molecule has 1 aromatic carbocycles. The minimum atomic E-state index is -0.979. The number of amides is 1. The SMILES string of the molecule is CCCCCC/C(=C\C=C\C(=O)N[C@H](C)CCCc1cccnc1)c1ccc([S+](C)[O-])cc1. The lowest BCUT2D eigenvalue weighted by molar-refractivity contribution is -0.117. The van der Waals surface area contributed by atoms with E-state index < -0.39 is 11.2 Å². The second-order valence-corrected chi connectivity index (χ2v) is 9.88. The molecule has 178 valence electrons. The number of hydrogen-bond acceptors (Lipinski definition) is 3. The molecule has 0 aliphatic carbocycles. The number of pyridine rings is 1. The van der Waals surface area contributed by atoms with E-state index in [4.69, 9.17) is 0 Å². The summed E-state index contributed by atoms with van der Waals surface area (Å²) in [5.41, 5.74) is 3.55. The van der Waals surface area contributed by atoms with Crippen molar-refractivity contribution in [2.45, 2.75) is 76.2 Å². The number of allylic oxidation sites excluding steroid dienone is 3. The molecule has 1 amide bonds. The number of benzene rings is 1. The number of nitrogens with one attached hydrogen (secondary N) is 1. The number of aromatic nitrogens is 1. The zero-order valence-corrected chi connectivity index (χ0v) is 21.1. The van der Waals surface area contributed by atoms with Gasteiger partial charge in [-0.3, -0.25) is 9.78 Å². The molecule has 0 aliphatic heterocycles. The first kappa shape index (κ1) is 26.9. The fraction of sp³-hybridized carbons (Fsp3) is 0.429. The summed E-state index contributed by atoms with van der Waals surface area (Å²) in [5.74, 6) is -0.0674. The molecule has 33 heavy (non-hydrogen) atoms. The van der Waals surface area contributed by atoms with Gasteiger partial charge in [0.1, 0.15) is 6.26 Å². The van der Waals surface area contributed by atoms with E-state index in [1.807, 2.05) is 55.6 Å². The molecule has 2 rings (SSSR count). The molecule has 0 fully saturated rings. The van der Waals surface area contributed by atoms with Crippen molar-refractivity contribution in [3.05, 3.63) is 78.1 Å². The summed E-state index contributed by atoms with van der Waals surface area (Å²) in [6.07, 6.45) is 19.5. The first-order chi connectivity index (χ1) is 16.0. The van der Waals surface area contributed by atoms with Crippen LogP contribution in [0.15, 0.2) is 71.9 Å². The fourth-order valence-electron chi connectivity index (χ4n) is 3.70. The monoisotopic (exact) mass is 466 g/mol. The van der Waals surface area contributed by atoms with Gasteiger partial charge in [0.05, 0.1) is 0 Å². The molecular weight excluding hydrogens is 428 g/mol. The summed E-state index contributed by atoms with van der Waals surface area (Å²) in [6.45, 7) is 4.25. The Labute approximate surface area is 202 Å². The van der Waals surface area contributed by atoms with E-state index in [9.17, 15) is 9.35 Å². The third-order valence-electron chi connectivity index (χ3n) is 5.62. The van der Waals surface area contributed by atoms with Crippen LogP contribution in [0.1, 0.15) is 69.9 Å². The maximum Gasteiger partial charge on any atom is 0.244 e. The molecule has 0 saturated heterocycles. The molecule has 1 N–H and O–H groups in total. The molecule has 4 nitrogen and oxygen atoms in total. The van der Waals surface area contributed by atoms with E-state index >= 15 is 0 Å². The molecule has 0 radical (unpaired) electrons. The normalized spacial score (nSPS) is 13.8. The first-order valence-electron chi connectivity index (χ1n) is 12.0. The van der Waals surface area contributed by atoms with Crippen LogP contribution >= 0.6 is 0 Å². The van der Waals surface area contributed by atoms with Gasteiger partial charge < -0.3 is 9.87 Å². The first-order valence-corrected chi connectivity index (χ1v) is 13.6. The van der Waals surface area contributed by atoms with Crippen LogP contribution in [0.3, 0.4) is 0 Å². The lowest BCUT2D eigenvalue weighted by atomic mass is 9.99. The second kappa shape index (κ2) is 15.5. The van der Waals surface area contributed by atoms with Crippen molar-refractivity contribution in [1.29, 1.82) is 0 Å². The highest BCUT2D eigenvalue weighted by atomic mass is 32.2. The van der Waals surface area contributed by atoms with E-state index in [0.717, 1.165) is 42.6 Å². The van der Waals surface area contributed by atoms with Crippen LogP contribution in [0.2, 0.25) is 0 Å². The Balaban J connectivity index is 1.90. The van der Waals surface area contributed by atoms with Crippen LogP contribution in [0.4, 0.5) is 0 Å². The topological polar surface area (TPSA) is 65.0 Å². The van der Waals surface area contributed by atoms with E-state index in [1.165, 1.54) is 30.4 Å². The van der Waals surface area contributed by atoms with Gasteiger partial charge in [-0.2, -0.15) is 0 Å². The van der Waals surface area contributed by atoms with Crippen molar-refractivity contribution in [2.24, 2.45) is 0 Å². The van der Waals surface area contributed by atoms with Gasteiger partial charge >= 0.3 is 0 Å². The maximum atomic E-state index is 12.4. The minimum absolute atomic E-state index is 0.0674. The zero-order valence-electron chi connectivity index (χ0n) is 20.3. The molecule has 0 aliphatic rings. The van der Waals surface area contributed by atoms with Crippen molar-refractivity contribution < 1.29 is 9.35 Å². The Morgan fingerprint density at radius 3 is 2.61 bits per heavy atom. The average molecular weight is 467 g/mol. The number of rotatable bonds is 14. The Morgan fingerprint density at radius 2 is 1.94 bits per heavy atom. The predicted octanol–water partition coefficient (Wildman–Crippen LogP) is 6.26. The van der Waals surface area contributed by atoms with Crippen LogP contribution in [0.25, 0.3) is 5.57 Å². The van der Waals surface area contributed by atoms with Crippen molar-refractivity contribution in [3.63, 3.8) is 0 Å². The van der Waals surface area contributed by atoms with Gasteiger partial charge in [-0.15, -0.1) is 0 Å². The van der Waals surface area contributed by atoms with Gasteiger partial charge in [0, 0.05) is 24.5 Å². The largest absolute Gasteiger partial charge is 0.612 e. The van der Waals surface area contributed by atoms with Gasteiger partial charge in [-0.1, -0.05) is 44.4 Å².